The summed E-state index contributed by atoms with van der Waals surface area (Å²) in [6.07, 6.45) is -12.9. The molecule has 1 rings (SSSR count). The van der Waals surface area contributed by atoms with Gasteiger partial charge in [0.15, 0.2) is 0 Å². The van der Waals surface area contributed by atoms with Gasteiger partial charge in [0, 0.05) is 6.92 Å². The first-order valence-corrected chi connectivity index (χ1v) is 8.61. The number of esters is 2. The summed E-state index contributed by atoms with van der Waals surface area (Å²) in [6.45, 7) is 2.32. The summed E-state index contributed by atoms with van der Waals surface area (Å²) in [7, 11) is -5.89. The fraction of sp³-hybridized carbons (Fsp3) is 0.429. The van der Waals surface area contributed by atoms with E-state index in [0.717, 1.165) is 19.1 Å². The number of rotatable bonds is 5. The second-order valence-electron chi connectivity index (χ2n) is 5.51. The number of carbonyl (C=O) groups is 2. The van der Waals surface area contributed by atoms with Gasteiger partial charge in [-0.15, -0.1) is 0 Å². The highest BCUT2D eigenvalue weighted by Crippen LogP contribution is 2.47. The Morgan fingerprint density at radius 3 is 1.96 bits per heavy atom. The lowest BCUT2D eigenvalue weighted by Gasteiger charge is -2.35. The maximum Gasteiger partial charge on any atom is 0.438 e. The zero-order valence-corrected chi connectivity index (χ0v) is 14.8. The van der Waals surface area contributed by atoms with Gasteiger partial charge in [0.2, 0.25) is 0 Å². The number of carbonyl (C=O) groups excluding carboxylic acids is 2. The maximum atomic E-state index is 13.2. The van der Waals surface area contributed by atoms with Crippen LogP contribution in [0.25, 0.3) is 0 Å². The largest absolute Gasteiger partial charge is 0.438 e. The molecule has 7 nitrogen and oxygen atoms in total. The molecule has 0 aliphatic carbocycles. The normalized spacial score (nSPS) is 13.2. The second-order valence-corrected chi connectivity index (χ2v) is 6.96. The third-order valence-electron chi connectivity index (χ3n) is 3.25. The molecule has 1 aromatic rings. The molecule has 158 valence electrons. The van der Waals surface area contributed by atoms with Gasteiger partial charge in [-0.25, -0.2) is 4.79 Å². The van der Waals surface area contributed by atoms with E-state index < -0.39 is 51.3 Å². The van der Waals surface area contributed by atoms with Crippen LogP contribution in [0.3, 0.4) is 0 Å². The Kier molecular flexibility index (Phi) is 6.41. The first-order chi connectivity index (χ1) is 12.4. The minimum atomic E-state index is -6.44. The third-order valence-corrected chi connectivity index (χ3v) is 4.02. The topological polar surface area (TPSA) is 107 Å². The zero-order chi connectivity index (χ0) is 22.1. The van der Waals surface area contributed by atoms with Crippen LogP contribution in [0.1, 0.15) is 22.8 Å². The number of halogens is 6. The smallest absolute Gasteiger partial charge is 0.435 e. The average molecular weight is 438 g/mol. The summed E-state index contributed by atoms with van der Waals surface area (Å²) in [5, 5.41) is 0. The Hall–Kier alpha value is -2.35. The van der Waals surface area contributed by atoms with E-state index in [0.29, 0.717) is 6.07 Å². The van der Waals surface area contributed by atoms with Gasteiger partial charge in [-0.1, -0.05) is 6.07 Å². The van der Waals surface area contributed by atoms with Gasteiger partial charge in [-0.05, 0) is 24.6 Å². The predicted molar refractivity (Wildman–Crippen MR) is 79.2 cm³/mol. The summed E-state index contributed by atoms with van der Waals surface area (Å²) in [6, 6.07) is 2.46. The standard InChI is InChI=1S/C14H12F6O7S/c1-7-3-4-9(5-10(7)26-8(2)21)11(22)27-12(13(15,16)17,14(18,19)20)6-28(23,24)25/h3-5H,6H2,1-2H3,(H,23,24,25). The highest BCUT2D eigenvalue weighted by atomic mass is 32.2. The summed E-state index contributed by atoms with van der Waals surface area (Å²) < 4.78 is 117. The molecule has 0 bridgehead atoms. The fourth-order valence-corrected chi connectivity index (χ4v) is 2.84. The van der Waals surface area contributed by atoms with Crippen molar-refractivity contribution in [3.63, 3.8) is 0 Å². The molecule has 0 amide bonds. The monoisotopic (exact) mass is 438 g/mol. The Labute approximate surface area is 154 Å². The minimum absolute atomic E-state index is 0.211. The molecule has 0 aromatic heterocycles. The van der Waals surface area contributed by atoms with Crippen molar-refractivity contribution < 1.29 is 58.4 Å². The Morgan fingerprint density at radius 1 is 1.07 bits per heavy atom. The highest BCUT2D eigenvalue weighted by Gasteiger charge is 2.76. The van der Waals surface area contributed by atoms with Gasteiger partial charge in [-0.2, -0.15) is 34.8 Å². The van der Waals surface area contributed by atoms with E-state index >= 15 is 0 Å². The van der Waals surface area contributed by atoms with E-state index in [1.165, 1.54) is 6.92 Å². The summed E-state index contributed by atoms with van der Waals surface area (Å²) in [5.41, 5.74) is -6.21. The van der Waals surface area contributed by atoms with Gasteiger partial charge in [0.1, 0.15) is 11.5 Å². The van der Waals surface area contributed by atoms with Gasteiger partial charge in [0.05, 0.1) is 5.56 Å². The summed E-state index contributed by atoms with van der Waals surface area (Å²) >= 11 is 0. The van der Waals surface area contributed by atoms with E-state index in [1.807, 2.05) is 0 Å². The van der Waals surface area contributed by atoms with Crippen LogP contribution in [0.5, 0.6) is 5.75 Å². The molecule has 14 heteroatoms. The average Bonchev–Trinajstić information content (AvgIpc) is 2.44. The summed E-state index contributed by atoms with van der Waals surface area (Å²) in [5.74, 6) is -6.45. The van der Waals surface area contributed by atoms with Crippen molar-refractivity contribution >= 4 is 22.1 Å². The Balaban J connectivity index is 3.48. The molecule has 0 saturated carbocycles. The SMILES string of the molecule is CC(=O)Oc1cc(C(=O)OC(CS(=O)(=O)O)(C(F)(F)F)C(F)(F)F)ccc1C. The molecular weight excluding hydrogens is 426 g/mol. The second kappa shape index (κ2) is 7.58. The number of benzene rings is 1. The highest BCUT2D eigenvalue weighted by molar-refractivity contribution is 7.85. The van der Waals surface area contributed by atoms with Crippen LogP contribution >= 0.6 is 0 Å². The van der Waals surface area contributed by atoms with Crippen molar-refractivity contribution in [3.05, 3.63) is 29.3 Å². The number of hydrogen-bond donors (Lipinski definition) is 1. The van der Waals surface area contributed by atoms with Gasteiger partial charge < -0.3 is 9.47 Å². The van der Waals surface area contributed by atoms with E-state index in [1.54, 1.807) is 0 Å². The lowest BCUT2D eigenvalue weighted by Crippen LogP contribution is -2.63. The van der Waals surface area contributed by atoms with Crippen LogP contribution < -0.4 is 4.74 Å². The molecule has 0 saturated heterocycles. The molecule has 0 spiro atoms. The van der Waals surface area contributed by atoms with E-state index in [9.17, 15) is 44.3 Å². The number of aryl methyl sites for hydroxylation is 1. The summed E-state index contributed by atoms with van der Waals surface area (Å²) in [4.78, 5) is 22.9. The van der Waals surface area contributed by atoms with Crippen molar-refractivity contribution in [2.75, 3.05) is 5.75 Å². The van der Waals surface area contributed by atoms with Gasteiger partial charge >= 0.3 is 29.9 Å². The first-order valence-electron chi connectivity index (χ1n) is 7.00. The molecule has 28 heavy (non-hydrogen) atoms. The molecule has 0 aliphatic heterocycles. The molecule has 0 fully saturated rings. The van der Waals surface area contributed by atoms with Crippen molar-refractivity contribution in [1.29, 1.82) is 0 Å². The Bertz CT molecular complexity index is 859. The van der Waals surface area contributed by atoms with Crippen LogP contribution in [0.2, 0.25) is 0 Å². The molecule has 0 heterocycles. The lowest BCUT2D eigenvalue weighted by molar-refractivity contribution is -0.356. The molecule has 0 radical (unpaired) electrons. The molecule has 1 aromatic carbocycles. The molecule has 0 aliphatic rings. The Morgan fingerprint density at radius 2 is 1.57 bits per heavy atom. The van der Waals surface area contributed by atoms with Crippen molar-refractivity contribution in [2.45, 2.75) is 31.8 Å². The van der Waals surface area contributed by atoms with E-state index in [4.69, 9.17) is 4.55 Å². The molecule has 0 atom stereocenters. The van der Waals surface area contributed by atoms with Gasteiger partial charge in [0.25, 0.3) is 10.1 Å². The van der Waals surface area contributed by atoms with Crippen LogP contribution in [0, 0.1) is 6.92 Å². The van der Waals surface area contributed by atoms with Crippen molar-refractivity contribution in [3.8, 4) is 5.75 Å². The van der Waals surface area contributed by atoms with Crippen LogP contribution in [-0.2, 0) is 19.6 Å². The van der Waals surface area contributed by atoms with Gasteiger partial charge in [-0.3, -0.25) is 9.35 Å². The first kappa shape index (κ1) is 23.7. The van der Waals surface area contributed by atoms with Crippen molar-refractivity contribution in [2.24, 2.45) is 0 Å². The molecular formula is C14H12F6O7S. The number of alkyl halides is 6. The molecule has 1 N–H and O–H groups in total. The van der Waals surface area contributed by atoms with Crippen molar-refractivity contribution in [1.82, 2.24) is 0 Å². The quantitative estimate of drug-likeness (QED) is 0.326. The minimum Gasteiger partial charge on any atom is -0.435 e. The number of hydrogen-bond acceptors (Lipinski definition) is 6. The fourth-order valence-electron chi connectivity index (χ4n) is 1.94. The predicted octanol–water partition coefficient (Wildman–Crippen LogP) is 2.83. The van der Waals surface area contributed by atoms with Crippen LogP contribution in [0.15, 0.2) is 18.2 Å². The van der Waals surface area contributed by atoms with E-state index in [-0.39, 0.29) is 11.3 Å². The molecule has 0 unspecified atom stereocenters. The number of ether oxygens (including phenoxy) is 2. The lowest BCUT2D eigenvalue weighted by atomic mass is 10.0. The van der Waals surface area contributed by atoms with Crippen LogP contribution in [0.4, 0.5) is 26.3 Å². The van der Waals surface area contributed by atoms with Crippen LogP contribution in [-0.4, -0.2) is 48.6 Å². The maximum absolute atomic E-state index is 13.2. The van der Waals surface area contributed by atoms with E-state index in [2.05, 4.69) is 9.47 Å². The zero-order valence-electron chi connectivity index (χ0n) is 14.0. The third kappa shape index (κ3) is 5.34.